The van der Waals surface area contributed by atoms with E-state index in [0.29, 0.717) is 24.9 Å². The minimum atomic E-state index is -0.239. The second-order valence-corrected chi connectivity index (χ2v) is 4.92. The summed E-state index contributed by atoms with van der Waals surface area (Å²) in [5.74, 6) is 1.24. The van der Waals surface area contributed by atoms with Gasteiger partial charge < -0.3 is 10.5 Å². The van der Waals surface area contributed by atoms with E-state index in [9.17, 15) is 4.39 Å². The molecule has 1 aliphatic rings. The van der Waals surface area contributed by atoms with Gasteiger partial charge in [-0.1, -0.05) is 0 Å². The number of hydrogen-bond donors (Lipinski definition) is 1. The number of nitrogens with two attached hydrogens (primary N) is 1. The van der Waals surface area contributed by atoms with Crippen molar-refractivity contribution in [2.24, 2.45) is 11.7 Å². The second-order valence-electron chi connectivity index (χ2n) is 4.92. The lowest BCUT2D eigenvalue weighted by molar-refractivity contribution is 0.180. The lowest BCUT2D eigenvalue weighted by atomic mass is 10.1. The molecular formula is C14H21FN2O. The van der Waals surface area contributed by atoms with Crippen molar-refractivity contribution in [3.8, 4) is 5.75 Å². The van der Waals surface area contributed by atoms with E-state index in [4.69, 9.17) is 10.5 Å². The molecule has 0 spiro atoms. The topological polar surface area (TPSA) is 38.5 Å². The average Bonchev–Trinajstić information content (AvgIpc) is 3.17. The van der Waals surface area contributed by atoms with Crippen LogP contribution in [0, 0.1) is 11.7 Å². The van der Waals surface area contributed by atoms with Crippen LogP contribution in [0.25, 0.3) is 0 Å². The van der Waals surface area contributed by atoms with Crippen molar-refractivity contribution in [3.63, 3.8) is 0 Å². The molecule has 18 heavy (non-hydrogen) atoms. The summed E-state index contributed by atoms with van der Waals surface area (Å²) in [6, 6.07) is 6.59. The van der Waals surface area contributed by atoms with Gasteiger partial charge >= 0.3 is 0 Å². The van der Waals surface area contributed by atoms with E-state index in [1.54, 1.807) is 12.1 Å². The van der Waals surface area contributed by atoms with Crippen LogP contribution < -0.4 is 10.5 Å². The molecule has 0 saturated heterocycles. The standard InChI is InChI=1S/C14H21FN2O/c1-17(14(10-16)11-2-3-11)8-9-18-13-6-4-12(15)5-7-13/h4-7,11,14H,2-3,8-10,16H2,1H3. The van der Waals surface area contributed by atoms with Crippen molar-refractivity contribution < 1.29 is 9.13 Å². The summed E-state index contributed by atoms with van der Waals surface area (Å²) < 4.78 is 18.3. The molecule has 0 aliphatic heterocycles. The third kappa shape index (κ3) is 3.68. The predicted molar refractivity (Wildman–Crippen MR) is 70.1 cm³/mol. The fourth-order valence-electron chi connectivity index (χ4n) is 2.22. The number of nitrogens with zero attached hydrogens (tertiary/aromatic N) is 1. The minimum absolute atomic E-state index is 0.239. The zero-order chi connectivity index (χ0) is 13.0. The van der Waals surface area contributed by atoms with Crippen LogP contribution in [0.2, 0.25) is 0 Å². The molecule has 1 fully saturated rings. The lowest BCUT2D eigenvalue weighted by Gasteiger charge is -2.26. The summed E-state index contributed by atoms with van der Waals surface area (Å²) in [6.07, 6.45) is 2.59. The Labute approximate surface area is 108 Å². The first kappa shape index (κ1) is 13.3. The summed E-state index contributed by atoms with van der Waals surface area (Å²) in [5.41, 5.74) is 5.79. The Hall–Kier alpha value is -1.13. The van der Waals surface area contributed by atoms with E-state index in [1.165, 1.54) is 25.0 Å². The molecule has 1 saturated carbocycles. The van der Waals surface area contributed by atoms with Crippen LogP contribution in [0.1, 0.15) is 12.8 Å². The Bertz CT molecular complexity index is 365. The fourth-order valence-corrected chi connectivity index (χ4v) is 2.22. The number of likely N-dealkylation sites (N-methyl/N-ethyl adjacent to an activating group) is 1. The highest BCUT2D eigenvalue weighted by molar-refractivity contribution is 5.21. The SMILES string of the molecule is CN(CCOc1ccc(F)cc1)C(CN)C1CC1. The van der Waals surface area contributed by atoms with E-state index in [-0.39, 0.29) is 5.82 Å². The van der Waals surface area contributed by atoms with Crippen LogP contribution >= 0.6 is 0 Å². The zero-order valence-corrected chi connectivity index (χ0v) is 10.8. The van der Waals surface area contributed by atoms with Crippen LogP contribution in [0.5, 0.6) is 5.75 Å². The number of rotatable bonds is 7. The van der Waals surface area contributed by atoms with Crippen LogP contribution in [0.15, 0.2) is 24.3 Å². The molecule has 0 bridgehead atoms. The van der Waals surface area contributed by atoms with Gasteiger partial charge in [0.15, 0.2) is 0 Å². The summed E-state index contributed by atoms with van der Waals surface area (Å²) in [4.78, 5) is 2.27. The quantitative estimate of drug-likeness (QED) is 0.805. The van der Waals surface area contributed by atoms with Gasteiger partial charge in [0.05, 0.1) is 0 Å². The van der Waals surface area contributed by atoms with Crippen LogP contribution in [0.3, 0.4) is 0 Å². The van der Waals surface area contributed by atoms with Crippen molar-refractivity contribution in [2.75, 3.05) is 26.7 Å². The Morgan fingerprint density at radius 1 is 1.39 bits per heavy atom. The molecule has 2 N–H and O–H groups in total. The molecule has 1 aromatic carbocycles. The summed E-state index contributed by atoms with van der Waals surface area (Å²) in [6.45, 7) is 2.15. The number of ether oxygens (including phenoxy) is 1. The van der Waals surface area contributed by atoms with Crippen molar-refractivity contribution in [1.82, 2.24) is 4.90 Å². The van der Waals surface area contributed by atoms with E-state index >= 15 is 0 Å². The molecule has 1 aromatic rings. The van der Waals surface area contributed by atoms with E-state index in [1.807, 2.05) is 0 Å². The van der Waals surface area contributed by atoms with Crippen LogP contribution in [-0.2, 0) is 0 Å². The first-order valence-corrected chi connectivity index (χ1v) is 6.49. The van der Waals surface area contributed by atoms with Crippen molar-refractivity contribution in [3.05, 3.63) is 30.1 Å². The largest absolute Gasteiger partial charge is 0.492 e. The Morgan fingerprint density at radius 3 is 2.61 bits per heavy atom. The first-order valence-electron chi connectivity index (χ1n) is 6.49. The molecule has 3 nitrogen and oxygen atoms in total. The average molecular weight is 252 g/mol. The molecule has 1 aliphatic carbocycles. The molecule has 0 heterocycles. The first-order chi connectivity index (χ1) is 8.70. The number of benzene rings is 1. The molecule has 1 unspecified atom stereocenters. The zero-order valence-electron chi connectivity index (χ0n) is 10.8. The highest BCUT2D eigenvalue weighted by Crippen LogP contribution is 2.34. The molecule has 100 valence electrons. The Balaban J connectivity index is 1.72. The van der Waals surface area contributed by atoms with Gasteiger partial charge in [-0.15, -0.1) is 0 Å². The highest BCUT2D eigenvalue weighted by atomic mass is 19.1. The summed E-state index contributed by atoms with van der Waals surface area (Å²) >= 11 is 0. The number of hydrogen-bond acceptors (Lipinski definition) is 3. The van der Waals surface area contributed by atoms with E-state index in [0.717, 1.165) is 12.5 Å². The van der Waals surface area contributed by atoms with Gasteiger partial charge in [-0.2, -0.15) is 0 Å². The molecule has 2 rings (SSSR count). The van der Waals surface area contributed by atoms with Crippen molar-refractivity contribution in [2.45, 2.75) is 18.9 Å². The minimum Gasteiger partial charge on any atom is -0.492 e. The molecule has 1 atom stereocenters. The van der Waals surface area contributed by atoms with Gasteiger partial charge in [-0.05, 0) is 50.1 Å². The van der Waals surface area contributed by atoms with Crippen LogP contribution in [-0.4, -0.2) is 37.7 Å². The molecule has 0 radical (unpaired) electrons. The second kappa shape index (κ2) is 6.16. The van der Waals surface area contributed by atoms with E-state index < -0.39 is 0 Å². The predicted octanol–water partition coefficient (Wildman–Crippen LogP) is 1.87. The molecule has 0 amide bonds. The monoisotopic (exact) mass is 252 g/mol. The normalized spacial score (nSPS) is 16.9. The van der Waals surface area contributed by atoms with Gasteiger partial charge in [0, 0.05) is 19.1 Å². The van der Waals surface area contributed by atoms with E-state index in [2.05, 4.69) is 11.9 Å². The van der Waals surface area contributed by atoms with Crippen molar-refractivity contribution >= 4 is 0 Å². The van der Waals surface area contributed by atoms with Gasteiger partial charge in [0.2, 0.25) is 0 Å². The Kier molecular flexibility index (Phi) is 4.55. The summed E-state index contributed by atoms with van der Waals surface area (Å²) in [5, 5.41) is 0. The molecule has 0 aromatic heterocycles. The maximum absolute atomic E-state index is 12.7. The highest BCUT2D eigenvalue weighted by Gasteiger charge is 2.32. The van der Waals surface area contributed by atoms with Gasteiger partial charge in [-0.3, -0.25) is 4.90 Å². The Morgan fingerprint density at radius 2 is 2.06 bits per heavy atom. The van der Waals surface area contributed by atoms with Gasteiger partial charge in [-0.25, -0.2) is 4.39 Å². The third-order valence-electron chi connectivity index (χ3n) is 3.50. The lowest BCUT2D eigenvalue weighted by Crippen LogP contribution is -2.41. The maximum Gasteiger partial charge on any atom is 0.123 e. The van der Waals surface area contributed by atoms with Gasteiger partial charge in [0.25, 0.3) is 0 Å². The maximum atomic E-state index is 12.7. The molecule has 4 heteroatoms. The number of halogens is 1. The molecular weight excluding hydrogens is 231 g/mol. The third-order valence-corrected chi connectivity index (χ3v) is 3.50. The smallest absolute Gasteiger partial charge is 0.123 e. The van der Waals surface area contributed by atoms with Crippen molar-refractivity contribution in [1.29, 1.82) is 0 Å². The summed E-state index contributed by atoms with van der Waals surface area (Å²) in [7, 11) is 2.09. The fraction of sp³-hybridized carbons (Fsp3) is 0.571. The van der Waals surface area contributed by atoms with Gasteiger partial charge in [0.1, 0.15) is 18.2 Å². The van der Waals surface area contributed by atoms with Crippen LogP contribution in [0.4, 0.5) is 4.39 Å².